The van der Waals surface area contributed by atoms with E-state index in [4.69, 9.17) is 19.9 Å². The molecular formula is C47H32N4. The highest BCUT2D eigenvalue weighted by Crippen LogP contribution is 2.33. The Morgan fingerprint density at radius 2 is 0.745 bits per heavy atom. The lowest BCUT2D eigenvalue weighted by atomic mass is 10.0. The molecule has 3 aromatic heterocycles. The molecule has 240 valence electrons. The van der Waals surface area contributed by atoms with Crippen molar-refractivity contribution in [1.82, 2.24) is 19.9 Å². The van der Waals surface area contributed by atoms with Crippen molar-refractivity contribution in [2.75, 3.05) is 0 Å². The molecule has 9 aromatic rings. The lowest BCUT2D eigenvalue weighted by Crippen LogP contribution is -1.96. The number of aromatic nitrogens is 4. The molecule has 0 unspecified atom stereocenters. The fourth-order valence-electron chi connectivity index (χ4n) is 6.69. The minimum absolute atomic E-state index is 0.691. The normalized spacial score (nSPS) is 11.2. The largest absolute Gasteiger partial charge is 0.245 e. The summed E-state index contributed by atoms with van der Waals surface area (Å²) >= 11 is 0. The molecule has 6 aromatic carbocycles. The molecule has 4 nitrogen and oxygen atoms in total. The van der Waals surface area contributed by atoms with Crippen molar-refractivity contribution in [1.29, 1.82) is 0 Å². The van der Waals surface area contributed by atoms with Crippen molar-refractivity contribution >= 4 is 21.8 Å². The molecular weight excluding hydrogens is 621 g/mol. The van der Waals surface area contributed by atoms with Crippen molar-refractivity contribution in [3.8, 4) is 67.5 Å². The average molecular weight is 653 g/mol. The van der Waals surface area contributed by atoms with Crippen LogP contribution in [0.4, 0.5) is 0 Å². The SMILES string of the molecule is Cc1cc(-c2ccccc2)nc2c1ccc1ccc(-c3ccc(-c4cc(-c5ccccc5)nc(-c5ccc(-c6ccccc6)cc5)n4)cc3)nc12. The topological polar surface area (TPSA) is 51.6 Å². The van der Waals surface area contributed by atoms with Gasteiger partial charge in [-0.1, -0.05) is 158 Å². The maximum absolute atomic E-state index is 5.20. The number of rotatable bonds is 6. The van der Waals surface area contributed by atoms with Crippen LogP contribution in [0, 0.1) is 6.92 Å². The quantitative estimate of drug-likeness (QED) is 0.168. The van der Waals surface area contributed by atoms with Crippen LogP contribution in [0.1, 0.15) is 5.56 Å². The number of hydrogen-bond acceptors (Lipinski definition) is 4. The lowest BCUT2D eigenvalue weighted by molar-refractivity contribution is 1.18. The van der Waals surface area contributed by atoms with Crippen LogP contribution in [0.2, 0.25) is 0 Å². The van der Waals surface area contributed by atoms with E-state index in [1.165, 1.54) is 11.1 Å². The number of nitrogens with zero attached hydrogens (tertiary/aromatic N) is 4. The second kappa shape index (κ2) is 12.9. The average Bonchev–Trinajstić information content (AvgIpc) is 3.21. The number of pyridine rings is 2. The Morgan fingerprint density at radius 1 is 0.314 bits per heavy atom. The van der Waals surface area contributed by atoms with E-state index in [0.29, 0.717) is 5.82 Å². The minimum atomic E-state index is 0.691. The molecule has 0 N–H and O–H groups in total. The zero-order chi connectivity index (χ0) is 34.1. The van der Waals surface area contributed by atoms with Gasteiger partial charge in [-0.25, -0.2) is 19.9 Å². The summed E-state index contributed by atoms with van der Waals surface area (Å²) in [6.45, 7) is 2.15. The molecule has 4 heteroatoms. The van der Waals surface area contributed by atoms with E-state index in [9.17, 15) is 0 Å². The standard InChI is InChI=1S/C47H32N4/c1-31-29-42(34-13-7-3-8-14-34)49-46-40(31)27-25-38-26-28-41(48-45(38)46)36-19-21-37(22-20-36)44-30-43(35-15-9-4-10-16-35)50-47(51-44)39-23-17-33(18-24-39)32-11-5-2-6-12-32/h2-30H,1H3. The van der Waals surface area contributed by atoms with E-state index in [-0.39, 0.29) is 0 Å². The molecule has 9 rings (SSSR count). The number of hydrogen-bond donors (Lipinski definition) is 0. The van der Waals surface area contributed by atoms with Gasteiger partial charge in [0, 0.05) is 38.6 Å². The first-order valence-corrected chi connectivity index (χ1v) is 17.1. The molecule has 3 heterocycles. The highest BCUT2D eigenvalue weighted by atomic mass is 14.9. The molecule has 0 amide bonds. The van der Waals surface area contributed by atoms with E-state index < -0.39 is 0 Å². The van der Waals surface area contributed by atoms with Crippen LogP contribution in [-0.2, 0) is 0 Å². The third kappa shape index (κ3) is 5.94. The zero-order valence-corrected chi connectivity index (χ0v) is 28.0. The first-order chi connectivity index (χ1) is 25.2. The summed E-state index contributed by atoms with van der Waals surface area (Å²) in [6, 6.07) is 60.8. The molecule has 0 saturated carbocycles. The Balaban J connectivity index is 1.09. The molecule has 0 saturated heterocycles. The van der Waals surface area contributed by atoms with Crippen molar-refractivity contribution in [2.45, 2.75) is 6.92 Å². The Labute approximate surface area is 296 Å². The number of fused-ring (bicyclic) bond motifs is 3. The first kappa shape index (κ1) is 30.3. The van der Waals surface area contributed by atoms with Gasteiger partial charge in [0.15, 0.2) is 5.82 Å². The molecule has 0 fully saturated rings. The highest BCUT2D eigenvalue weighted by Gasteiger charge is 2.14. The van der Waals surface area contributed by atoms with Gasteiger partial charge in [-0.05, 0) is 41.8 Å². The summed E-state index contributed by atoms with van der Waals surface area (Å²) in [4.78, 5) is 20.4. The van der Waals surface area contributed by atoms with Gasteiger partial charge in [0.05, 0.1) is 33.8 Å². The fourth-order valence-corrected chi connectivity index (χ4v) is 6.69. The molecule has 0 spiro atoms. The Kier molecular flexibility index (Phi) is 7.67. The van der Waals surface area contributed by atoms with Gasteiger partial charge in [-0.2, -0.15) is 0 Å². The Morgan fingerprint density at radius 3 is 1.35 bits per heavy atom. The van der Waals surface area contributed by atoms with E-state index in [1.54, 1.807) is 0 Å². The second-order valence-electron chi connectivity index (χ2n) is 12.8. The zero-order valence-electron chi connectivity index (χ0n) is 28.0. The molecule has 0 aliphatic heterocycles. The molecule has 51 heavy (non-hydrogen) atoms. The lowest BCUT2D eigenvalue weighted by Gasteiger charge is -2.11. The van der Waals surface area contributed by atoms with Crippen LogP contribution >= 0.6 is 0 Å². The van der Waals surface area contributed by atoms with Gasteiger partial charge in [0.25, 0.3) is 0 Å². The van der Waals surface area contributed by atoms with E-state index in [0.717, 1.165) is 78.0 Å². The third-order valence-corrected chi connectivity index (χ3v) is 9.44. The Bertz CT molecular complexity index is 2650. The highest BCUT2D eigenvalue weighted by molar-refractivity contribution is 6.05. The van der Waals surface area contributed by atoms with Crippen LogP contribution in [0.5, 0.6) is 0 Å². The smallest absolute Gasteiger partial charge is 0.160 e. The van der Waals surface area contributed by atoms with Crippen LogP contribution in [0.3, 0.4) is 0 Å². The van der Waals surface area contributed by atoms with Crippen molar-refractivity contribution in [3.63, 3.8) is 0 Å². The van der Waals surface area contributed by atoms with Crippen molar-refractivity contribution in [3.05, 3.63) is 181 Å². The molecule has 0 radical (unpaired) electrons. The van der Waals surface area contributed by atoms with Gasteiger partial charge in [0.2, 0.25) is 0 Å². The maximum atomic E-state index is 5.20. The molecule has 0 aliphatic carbocycles. The molecule has 0 aliphatic rings. The minimum Gasteiger partial charge on any atom is -0.245 e. The fraction of sp³-hybridized carbons (Fsp3) is 0.0213. The summed E-state index contributed by atoms with van der Waals surface area (Å²) < 4.78 is 0. The monoisotopic (exact) mass is 652 g/mol. The van der Waals surface area contributed by atoms with E-state index in [1.807, 2.05) is 42.5 Å². The molecule has 0 atom stereocenters. The van der Waals surface area contributed by atoms with Gasteiger partial charge in [-0.15, -0.1) is 0 Å². The van der Waals surface area contributed by atoms with Crippen LogP contribution in [-0.4, -0.2) is 19.9 Å². The predicted octanol–water partition coefficient (Wildman–Crippen LogP) is 11.9. The number of benzene rings is 6. The summed E-state index contributed by atoms with van der Waals surface area (Å²) in [5, 5.41) is 2.18. The summed E-state index contributed by atoms with van der Waals surface area (Å²) in [7, 11) is 0. The predicted molar refractivity (Wildman–Crippen MR) is 210 cm³/mol. The third-order valence-electron chi connectivity index (χ3n) is 9.44. The maximum Gasteiger partial charge on any atom is 0.160 e. The first-order valence-electron chi connectivity index (χ1n) is 17.1. The number of aryl methyl sites for hydroxylation is 1. The summed E-state index contributed by atoms with van der Waals surface area (Å²) in [5.74, 6) is 0.691. The summed E-state index contributed by atoms with van der Waals surface area (Å²) in [6.07, 6.45) is 0. The molecule has 0 bridgehead atoms. The second-order valence-corrected chi connectivity index (χ2v) is 12.8. The van der Waals surface area contributed by atoms with Crippen LogP contribution in [0.25, 0.3) is 89.4 Å². The van der Waals surface area contributed by atoms with Crippen LogP contribution in [0.15, 0.2) is 176 Å². The van der Waals surface area contributed by atoms with Crippen molar-refractivity contribution in [2.24, 2.45) is 0 Å². The van der Waals surface area contributed by atoms with Gasteiger partial charge in [-0.3, -0.25) is 0 Å². The van der Waals surface area contributed by atoms with E-state index >= 15 is 0 Å². The van der Waals surface area contributed by atoms with Crippen molar-refractivity contribution < 1.29 is 0 Å². The van der Waals surface area contributed by atoms with Gasteiger partial charge < -0.3 is 0 Å². The summed E-state index contributed by atoms with van der Waals surface area (Å²) in [5.41, 5.74) is 14.1. The van der Waals surface area contributed by atoms with Gasteiger partial charge >= 0.3 is 0 Å². The van der Waals surface area contributed by atoms with Gasteiger partial charge in [0.1, 0.15) is 0 Å². The van der Waals surface area contributed by atoms with Crippen LogP contribution < -0.4 is 0 Å². The van der Waals surface area contributed by atoms with E-state index in [2.05, 4.69) is 140 Å². The Hall–Kier alpha value is -6.78.